The Morgan fingerprint density at radius 3 is 2.17 bits per heavy atom. The smallest absolute Gasteiger partial charge is 0.302 e. The molecule has 0 unspecified atom stereocenters. The second-order valence-electron chi connectivity index (χ2n) is 9.52. The Morgan fingerprint density at radius 2 is 1.59 bits per heavy atom. The molecule has 5 heteroatoms. The Balaban J connectivity index is 1.84. The molecule has 156 valence electrons. The van der Waals surface area contributed by atoms with Crippen molar-refractivity contribution in [3.63, 3.8) is 0 Å². The number of hydrogen-bond donors (Lipinski definition) is 2. The van der Waals surface area contributed by atoms with E-state index >= 15 is 0 Å². The average Bonchev–Trinajstić information content (AvgIpc) is 2.64. The molecule has 0 saturated heterocycles. The zero-order valence-electron chi connectivity index (χ0n) is 18.2. The van der Waals surface area contributed by atoms with Crippen LogP contribution in [0.3, 0.4) is 0 Å². The van der Waals surface area contributed by atoms with E-state index in [9.17, 15) is 4.57 Å². The van der Waals surface area contributed by atoms with Crippen LogP contribution in [0.1, 0.15) is 75.3 Å². The molecular weight excluding hydrogens is 379 g/mol. The van der Waals surface area contributed by atoms with Crippen molar-refractivity contribution in [2.45, 2.75) is 64.9 Å². The van der Waals surface area contributed by atoms with Gasteiger partial charge < -0.3 is 4.52 Å². The lowest BCUT2D eigenvalue weighted by Gasteiger charge is -2.42. The standard InChI is InChI=1S/C24H33N2O2P/c1-17(14-18-6-8-19(9-7-18)16-28-29(25,26)27)20-10-11-21-22(15-20)24(4,5)13-12-23(21,2)3/h6-11,14-15H,12-13,16H2,1-5H3,(H4,25,26,27)/b17-14+. The highest BCUT2D eigenvalue weighted by Gasteiger charge is 2.36. The molecule has 4 N–H and O–H groups in total. The molecule has 0 amide bonds. The first-order valence-electron chi connectivity index (χ1n) is 10.1. The number of nitrogens with two attached hydrogens (primary N) is 2. The summed E-state index contributed by atoms with van der Waals surface area (Å²) in [6, 6.07) is 14.9. The minimum Gasteiger partial charge on any atom is -0.302 e. The molecule has 0 atom stereocenters. The summed E-state index contributed by atoms with van der Waals surface area (Å²) in [5, 5.41) is 0. The van der Waals surface area contributed by atoms with Crippen molar-refractivity contribution in [1.82, 2.24) is 0 Å². The Hall–Kier alpha value is -1.71. The molecule has 4 nitrogen and oxygen atoms in total. The summed E-state index contributed by atoms with van der Waals surface area (Å²) in [4.78, 5) is 0. The lowest BCUT2D eigenvalue weighted by atomic mass is 9.63. The highest BCUT2D eigenvalue weighted by molar-refractivity contribution is 7.53. The summed E-state index contributed by atoms with van der Waals surface area (Å²) < 4.78 is 16.3. The Labute approximate surface area is 174 Å². The van der Waals surface area contributed by atoms with Gasteiger partial charge in [-0.3, -0.25) is 4.57 Å². The van der Waals surface area contributed by atoms with Crippen LogP contribution in [0.25, 0.3) is 11.6 Å². The molecule has 2 aromatic carbocycles. The Kier molecular flexibility index (Phi) is 5.95. The van der Waals surface area contributed by atoms with Gasteiger partial charge in [0.15, 0.2) is 0 Å². The topological polar surface area (TPSA) is 78.3 Å². The van der Waals surface area contributed by atoms with E-state index in [1.165, 1.54) is 35.1 Å². The van der Waals surface area contributed by atoms with Crippen LogP contribution in [-0.2, 0) is 26.5 Å². The van der Waals surface area contributed by atoms with Crippen LogP contribution in [0.15, 0.2) is 42.5 Å². The van der Waals surface area contributed by atoms with Crippen LogP contribution in [-0.4, -0.2) is 0 Å². The van der Waals surface area contributed by atoms with E-state index in [4.69, 9.17) is 15.5 Å². The van der Waals surface area contributed by atoms with Crippen LogP contribution >= 0.6 is 7.67 Å². The highest BCUT2D eigenvalue weighted by atomic mass is 31.2. The summed E-state index contributed by atoms with van der Waals surface area (Å²) in [5.41, 5.74) is 18.3. The maximum absolute atomic E-state index is 11.3. The summed E-state index contributed by atoms with van der Waals surface area (Å²) in [6.45, 7) is 11.7. The molecule has 0 fully saturated rings. The first-order chi connectivity index (χ1) is 13.4. The van der Waals surface area contributed by atoms with E-state index < -0.39 is 7.67 Å². The first kappa shape index (κ1) is 22.0. The first-order valence-corrected chi connectivity index (χ1v) is 11.9. The average molecular weight is 413 g/mol. The fraction of sp³-hybridized carbons (Fsp3) is 0.417. The van der Waals surface area contributed by atoms with Gasteiger partial charge in [0, 0.05) is 0 Å². The minimum atomic E-state index is -3.45. The number of benzene rings is 2. The van der Waals surface area contributed by atoms with Gasteiger partial charge in [-0.2, -0.15) is 0 Å². The zero-order chi connectivity index (χ0) is 21.4. The zero-order valence-corrected chi connectivity index (χ0v) is 19.1. The predicted octanol–water partition coefficient (Wildman–Crippen LogP) is 6.14. The van der Waals surface area contributed by atoms with Crippen molar-refractivity contribution in [3.8, 4) is 0 Å². The molecule has 1 aliphatic carbocycles. The van der Waals surface area contributed by atoms with Gasteiger partial charge in [-0.05, 0) is 64.0 Å². The second kappa shape index (κ2) is 7.85. The van der Waals surface area contributed by atoms with E-state index in [1.54, 1.807) is 0 Å². The Bertz CT molecular complexity index is 969. The lowest BCUT2D eigenvalue weighted by Crippen LogP contribution is -2.33. The minimum absolute atomic E-state index is 0.142. The van der Waals surface area contributed by atoms with E-state index in [0.717, 1.165) is 11.1 Å². The third-order valence-electron chi connectivity index (χ3n) is 6.10. The van der Waals surface area contributed by atoms with Crippen molar-refractivity contribution in [1.29, 1.82) is 0 Å². The van der Waals surface area contributed by atoms with Gasteiger partial charge in [-0.15, -0.1) is 0 Å². The van der Waals surface area contributed by atoms with Gasteiger partial charge in [0.1, 0.15) is 0 Å². The van der Waals surface area contributed by atoms with Crippen molar-refractivity contribution >= 4 is 19.3 Å². The van der Waals surface area contributed by atoms with Crippen LogP contribution in [0.2, 0.25) is 0 Å². The normalized spacial score (nSPS) is 18.4. The van der Waals surface area contributed by atoms with Gasteiger partial charge >= 0.3 is 7.67 Å². The molecule has 0 spiro atoms. The van der Waals surface area contributed by atoms with Gasteiger partial charge in [-0.25, -0.2) is 11.0 Å². The van der Waals surface area contributed by atoms with Crippen LogP contribution in [0.4, 0.5) is 0 Å². The third kappa shape index (κ3) is 5.26. The summed E-state index contributed by atoms with van der Waals surface area (Å²) in [5.74, 6) is 0. The third-order valence-corrected chi connectivity index (χ3v) is 6.64. The van der Waals surface area contributed by atoms with Gasteiger partial charge in [-0.1, -0.05) is 76.2 Å². The molecule has 29 heavy (non-hydrogen) atoms. The highest BCUT2D eigenvalue weighted by Crippen LogP contribution is 2.46. The van der Waals surface area contributed by atoms with E-state index in [-0.39, 0.29) is 17.4 Å². The number of fused-ring (bicyclic) bond motifs is 1. The van der Waals surface area contributed by atoms with Crippen LogP contribution < -0.4 is 11.0 Å². The van der Waals surface area contributed by atoms with E-state index in [2.05, 4.69) is 58.9 Å². The van der Waals surface area contributed by atoms with Crippen molar-refractivity contribution < 1.29 is 9.09 Å². The van der Waals surface area contributed by atoms with Gasteiger partial charge in [0.05, 0.1) is 6.61 Å². The second-order valence-corrected chi connectivity index (χ2v) is 11.1. The molecule has 1 aliphatic rings. The van der Waals surface area contributed by atoms with Crippen LogP contribution in [0, 0.1) is 0 Å². The molecule has 0 aromatic heterocycles. The fourth-order valence-corrected chi connectivity index (χ4v) is 4.40. The molecule has 0 saturated carbocycles. The number of allylic oxidation sites excluding steroid dienone is 1. The van der Waals surface area contributed by atoms with Crippen molar-refractivity contribution in [2.24, 2.45) is 11.0 Å². The van der Waals surface area contributed by atoms with Gasteiger partial charge in [0.25, 0.3) is 0 Å². The number of hydrogen-bond acceptors (Lipinski definition) is 2. The summed E-state index contributed by atoms with van der Waals surface area (Å²) >= 11 is 0. The largest absolute Gasteiger partial charge is 0.335 e. The molecule has 0 radical (unpaired) electrons. The fourth-order valence-electron chi connectivity index (χ4n) is 4.05. The monoisotopic (exact) mass is 412 g/mol. The molecule has 0 heterocycles. The van der Waals surface area contributed by atoms with Gasteiger partial charge in [0.2, 0.25) is 0 Å². The van der Waals surface area contributed by atoms with E-state index in [1.807, 2.05) is 24.3 Å². The predicted molar refractivity (Wildman–Crippen MR) is 122 cm³/mol. The summed E-state index contributed by atoms with van der Waals surface area (Å²) in [7, 11) is -3.45. The van der Waals surface area contributed by atoms with Crippen molar-refractivity contribution in [3.05, 3.63) is 70.3 Å². The molecule has 0 bridgehead atoms. The van der Waals surface area contributed by atoms with E-state index in [0.29, 0.717) is 0 Å². The maximum Gasteiger partial charge on any atom is 0.335 e. The SMILES string of the molecule is C/C(=C\c1ccc(COP(N)(N)=O)cc1)c1ccc2c(c1)C(C)(C)CCC2(C)C. The quantitative estimate of drug-likeness (QED) is 0.457. The van der Waals surface area contributed by atoms with Crippen LogP contribution in [0.5, 0.6) is 0 Å². The Morgan fingerprint density at radius 1 is 1.00 bits per heavy atom. The lowest BCUT2D eigenvalue weighted by molar-refractivity contribution is 0.303. The summed E-state index contributed by atoms with van der Waals surface area (Å²) in [6.07, 6.45) is 4.62. The molecule has 2 aromatic rings. The molecular formula is C24H33N2O2P. The van der Waals surface area contributed by atoms with Crippen molar-refractivity contribution in [2.75, 3.05) is 0 Å². The number of rotatable bonds is 5. The molecule has 0 aliphatic heterocycles. The maximum atomic E-state index is 11.3. The molecule has 3 rings (SSSR count).